The average Bonchev–Trinajstić information content (AvgIpc) is 2.30. The highest BCUT2D eigenvalue weighted by molar-refractivity contribution is 6.03. The van der Waals surface area contributed by atoms with Crippen LogP contribution in [0.2, 0.25) is 0 Å². The van der Waals surface area contributed by atoms with Gasteiger partial charge >= 0.3 is 17.7 Å². The summed E-state index contributed by atoms with van der Waals surface area (Å²) in [5, 5.41) is -1.30. The number of halogens is 3. The highest BCUT2D eigenvalue weighted by Crippen LogP contribution is 2.33. The van der Waals surface area contributed by atoms with E-state index in [9.17, 15) is 27.6 Å². The first-order valence-corrected chi connectivity index (χ1v) is 3.37. The van der Waals surface area contributed by atoms with Crippen molar-refractivity contribution in [3.63, 3.8) is 0 Å². The van der Waals surface area contributed by atoms with Crippen molar-refractivity contribution >= 4 is 17.8 Å². The molecule has 0 aliphatic carbocycles. The van der Waals surface area contributed by atoms with Crippen LogP contribution in [0.15, 0.2) is 0 Å². The smallest absolute Gasteiger partial charge is 0.379 e. The van der Waals surface area contributed by atoms with E-state index in [2.05, 4.69) is 4.74 Å². The molecule has 0 aromatic heterocycles. The van der Waals surface area contributed by atoms with E-state index in [4.69, 9.17) is 0 Å². The van der Waals surface area contributed by atoms with Crippen LogP contribution in [0.4, 0.5) is 13.3 Å². The molecule has 1 heterocycles. The number of esters is 2. The number of ether oxygens (including phenoxy) is 1. The minimum Gasteiger partial charge on any atom is -0.387 e. The summed E-state index contributed by atoms with van der Waals surface area (Å²) in [6, 6.07) is 0. The number of carbonyl (C=O) groups is 3. The lowest BCUT2D eigenvalue weighted by molar-refractivity contribution is -0.200. The van der Waals surface area contributed by atoms with Crippen LogP contribution in [0.5, 0.6) is 0 Å². The molecule has 1 aliphatic rings. The van der Waals surface area contributed by atoms with Gasteiger partial charge in [0.15, 0.2) is 0 Å². The van der Waals surface area contributed by atoms with E-state index in [0.717, 1.165) is 0 Å². The molecule has 0 bridgehead atoms. The van der Waals surface area contributed by atoms with Gasteiger partial charge in [0.05, 0.1) is 0 Å². The summed E-state index contributed by atoms with van der Waals surface area (Å²) in [7, 11) is 0. The second-order valence-corrected chi connectivity index (χ2v) is 2.54. The Labute approximate surface area is 75.3 Å². The van der Waals surface area contributed by atoms with Gasteiger partial charge in [0.1, 0.15) is 0 Å². The van der Waals surface area contributed by atoms with Crippen LogP contribution >= 0.6 is 0 Å². The second-order valence-electron chi connectivity index (χ2n) is 2.54. The van der Waals surface area contributed by atoms with Gasteiger partial charge in [0.25, 0.3) is 12.1 Å². The van der Waals surface area contributed by atoms with Crippen LogP contribution in [-0.2, 0) is 19.1 Å². The molecule has 0 aromatic carbocycles. The maximum absolute atomic E-state index is 13.3. The van der Waals surface area contributed by atoms with Gasteiger partial charge in [0, 0.05) is 6.92 Å². The Balaban J connectivity index is 3.09. The predicted octanol–water partition coefficient (Wildman–Crippen LogP) is -0.193. The van der Waals surface area contributed by atoms with Crippen molar-refractivity contribution in [3.05, 3.63) is 0 Å². The Bertz CT molecular complexity index is 320. The lowest BCUT2D eigenvalue weighted by atomic mass is 10.2. The summed E-state index contributed by atoms with van der Waals surface area (Å²) in [4.78, 5) is 31.3. The normalized spacial score (nSPS) is 31.6. The second kappa shape index (κ2) is 2.96. The van der Waals surface area contributed by atoms with E-state index in [0.29, 0.717) is 6.92 Å². The fourth-order valence-corrected chi connectivity index (χ4v) is 0.883. The van der Waals surface area contributed by atoms with Gasteiger partial charge in [-0.2, -0.15) is 4.39 Å². The quantitative estimate of drug-likeness (QED) is 0.261. The Kier molecular flexibility index (Phi) is 2.22. The van der Waals surface area contributed by atoms with E-state index < -0.39 is 34.9 Å². The molecule has 8 heteroatoms. The van der Waals surface area contributed by atoms with Crippen molar-refractivity contribution in [3.8, 4) is 0 Å². The average molecular weight is 211 g/mol. The highest BCUT2D eigenvalue weighted by atomic mass is 19.2. The highest BCUT2D eigenvalue weighted by Gasteiger charge is 2.66. The summed E-state index contributed by atoms with van der Waals surface area (Å²) in [6.07, 6.45) is -3.16. The fourth-order valence-electron chi connectivity index (χ4n) is 0.883. The molecule has 1 saturated heterocycles. The van der Waals surface area contributed by atoms with Crippen LogP contribution in [0.1, 0.15) is 6.92 Å². The zero-order chi connectivity index (χ0) is 11.1. The van der Waals surface area contributed by atoms with E-state index in [1.807, 2.05) is 0 Å². The Morgan fingerprint density at radius 1 is 1.57 bits per heavy atom. The lowest BCUT2D eigenvalue weighted by Gasteiger charge is -2.21. The summed E-state index contributed by atoms with van der Waals surface area (Å²) in [6.45, 7) is 0.560. The van der Waals surface area contributed by atoms with Crippen molar-refractivity contribution in [2.75, 3.05) is 0 Å². The summed E-state index contributed by atoms with van der Waals surface area (Å²) < 4.78 is 42.2. The largest absolute Gasteiger partial charge is 0.387 e. The number of hydrogen-bond acceptors (Lipinski definition) is 4. The van der Waals surface area contributed by atoms with E-state index in [1.165, 1.54) is 0 Å². The SMILES string of the molecule is CC(=O)N(F)[C@]1(F)C(=O)OC(=O)C1F. The molecular formula is C6H4F3NO4. The third-order valence-corrected chi connectivity index (χ3v) is 1.58. The van der Waals surface area contributed by atoms with Crippen LogP contribution < -0.4 is 0 Å². The number of amides is 1. The number of carbonyl (C=O) groups excluding carboxylic acids is 3. The topological polar surface area (TPSA) is 63.7 Å². The molecular weight excluding hydrogens is 207 g/mol. The molecule has 0 saturated carbocycles. The number of rotatable bonds is 1. The molecule has 0 N–H and O–H groups in total. The van der Waals surface area contributed by atoms with Crippen LogP contribution in [0.25, 0.3) is 0 Å². The molecule has 1 aliphatic heterocycles. The van der Waals surface area contributed by atoms with Gasteiger partial charge in [0.2, 0.25) is 0 Å². The molecule has 1 amide bonds. The summed E-state index contributed by atoms with van der Waals surface area (Å²) in [5.74, 6) is -9.49. The van der Waals surface area contributed by atoms with Crippen molar-refractivity contribution in [2.24, 2.45) is 0 Å². The van der Waals surface area contributed by atoms with E-state index in [1.54, 1.807) is 0 Å². The Hall–Kier alpha value is -1.60. The van der Waals surface area contributed by atoms with Crippen LogP contribution in [-0.4, -0.2) is 34.9 Å². The first kappa shape index (κ1) is 10.5. The van der Waals surface area contributed by atoms with Gasteiger partial charge < -0.3 is 4.74 Å². The number of alkyl halides is 2. The van der Waals surface area contributed by atoms with Crippen molar-refractivity contribution < 1.29 is 32.4 Å². The standard InChI is InChI=1S/C6H4F3NO4/c1-2(11)10(9)6(8)3(7)4(12)14-5(6)13/h3H,1H3/t3?,6-/m0/s1. The molecule has 0 radical (unpaired) electrons. The Morgan fingerprint density at radius 3 is 2.36 bits per heavy atom. The molecule has 5 nitrogen and oxygen atoms in total. The fraction of sp³-hybridized carbons (Fsp3) is 0.500. The maximum Gasteiger partial charge on any atom is 0.379 e. The summed E-state index contributed by atoms with van der Waals surface area (Å²) in [5.41, 5.74) is 0. The van der Waals surface area contributed by atoms with E-state index in [-0.39, 0.29) is 0 Å². The third kappa shape index (κ3) is 1.14. The number of hydrogen-bond donors (Lipinski definition) is 0. The van der Waals surface area contributed by atoms with E-state index >= 15 is 0 Å². The first-order chi connectivity index (χ1) is 6.31. The third-order valence-electron chi connectivity index (χ3n) is 1.58. The van der Waals surface area contributed by atoms with Gasteiger partial charge in [-0.15, -0.1) is 5.12 Å². The zero-order valence-corrected chi connectivity index (χ0v) is 6.79. The Morgan fingerprint density at radius 2 is 2.07 bits per heavy atom. The van der Waals surface area contributed by atoms with Gasteiger partial charge in [-0.3, -0.25) is 4.79 Å². The molecule has 0 aromatic rings. The van der Waals surface area contributed by atoms with Gasteiger partial charge in [-0.25, -0.2) is 14.0 Å². The lowest BCUT2D eigenvalue weighted by Crippen LogP contribution is -2.52. The van der Waals surface area contributed by atoms with Crippen molar-refractivity contribution in [1.29, 1.82) is 0 Å². The minimum atomic E-state index is -4.00. The van der Waals surface area contributed by atoms with Crippen molar-refractivity contribution in [2.45, 2.75) is 18.9 Å². The molecule has 78 valence electrons. The molecule has 0 spiro atoms. The van der Waals surface area contributed by atoms with Crippen molar-refractivity contribution in [1.82, 2.24) is 5.12 Å². The molecule has 1 unspecified atom stereocenters. The minimum absolute atomic E-state index is 0.560. The van der Waals surface area contributed by atoms with Crippen LogP contribution in [0, 0.1) is 0 Å². The zero-order valence-electron chi connectivity index (χ0n) is 6.79. The first-order valence-electron chi connectivity index (χ1n) is 3.37. The predicted molar refractivity (Wildman–Crippen MR) is 33.5 cm³/mol. The monoisotopic (exact) mass is 211 g/mol. The summed E-state index contributed by atoms with van der Waals surface area (Å²) >= 11 is 0. The molecule has 2 atom stereocenters. The number of cyclic esters (lactones) is 2. The molecule has 1 rings (SSSR count). The molecule has 1 fully saturated rings. The number of nitrogens with zero attached hydrogens (tertiary/aromatic N) is 1. The molecule has 14 heavy (non-hydrogen) atoms. The van der Waals surface area contributed by atoms with Gasteiger partial charge in [-0.05, 0) is 0 Å². The van der Waals surface area contributed by atoms with Crippen LogP contribution in [0.3, 0.4) is 0 Å². The van der Waals surface area contributed by atoms with Gasteiger partial charge in [-0.1, -0.05) is 4.48 Å². The maximum atomic E-state index is 13.3.